The number of carbonyl (C=O) groups excluding carboxylic acids is 3. The molecule has 1 N–H and O–H groups in total. The molecule has 0 aliphatic carbocycles. The molecule has 18 heavy (non-hydrogen) atoms. The van der Waals surface area contributed by atoms with Crippen LogP contribution in [0.2, 0.25) is 0 Å². The highest BCUT2D eigenvalue weighted by molar-refractivity contribution is 9.11. The summed E-state index contributed by atoms with van der Waals surface area (Å²) < 4.78 is 1.21. The van der Waals surface area contributed by atoms with Gasteiger partial charge in [0.15, 0.2) is 0 Å². The van der Waals surface area contributed by atoms with Crippen molar-refractivity contribution in [2.75, 3.05) is 4.90 Å². The van der Waals surface area contributed by atoms with Gasteiger partial charge in [0.25, 0.3) is 0 Å². The van der Waals surface area contributed by atoms with Crippen LogP contribution in [-0.4, -0.2) is 17.8 Å². The van der Waals surface area contributed by atoms with Crippen molar-refractivity contribution < 1.29 is 14.4 Å². The number of aryl methyl sites for hydroxylation is 1. The summed E-state index contributed by atoms with van der Waals surface area (Å²) in [5.41, 5.74) is 1.37. The first-order valence-electron chi connectivity index (χ1n) is 5.02. The molecule has 0 atom stereocenters. The number of imide groups is 2. The Morgan fingerprint density at radius 1 is 1.17 bits per heavy atom. The first-order valence-corrected chi connectivity index (χ1v) is 6.61. The summed E-state index contributed by atoms with van der Waals surface area (Å²) in [6, 6.07) is 2.84. The van der Waals surface area contributed by atoms with Crippen LogP contribution in [0.4, 0.5) is 10.5 Å². The smallest absolute Gasteiger partial charge is 0.277 e. The van der Waals surface area contributed by atoms with Gasteiger partial charge in [-0.2, -0.15) is 0 Å². The van der Waals surface area contributed by atoms with Gasteiger partial charge in [-0.15, -0.1) is 0 Å². The van der Waals surface area contributed by atoms with Crippen LogP contribution < -0.4 is 10.2 Å². The summed E-state index contributed by atoms with van der Waals surface area (Å²) in [6.07, 6.45) is -0.335. The molecule has 0 spiro atoms. The van der Waals surface area contributed by atoms with Crippen LogP contribution in [0.3, 0.4) is 0 Å². The van der Waals surface area contributed by atoms with E-state index in [9.17, 15) is 14.4 Å². The Bertz CT molecular complexity index is 528. The molecule has 0 aromatic heterocycles. The van der Waals surface area contributed by atoms with E-state index >= 15 is 0 Å². The second kappa shape index (κ2) is 4.81. The fraction of sp³-hybridized carbons (Fsp3) is 0.182. The van der Waals surface area contributed by atoms with E-state index < -0.39 is 17.8 Å². The molecule has 0 saturated carbocycles. The summed E-state index contributed by atoms with van der Waals surface area (Å²) in [7, 11) is 0. The maximum absolute atomic E-state index is 11.8. The molecule has 1 aliphatic heterocycles. The highest BCUT2D eigenvalue weighted by atomic mass is 79.9. The van der Waals surface area contributed by atoms with Crippen molar-refractivity contribution in [3.8, 4) is 0 Å². The number of barbiturate groups is 1. The lowest BCUT2D eigenvalue weighted by atomic mass is 10.2. The van der Waals surface area contributed by atoms with E-state index in [2.05, 4.69) is 37.2 Å². The molecule has 1 fully saturated rings. The highest BCUT2D eigenvalue weighted by Crippen LogP contribution is 2.36. The predicted octanol–water partition coefficient (Wildman–Crippen LogP) is 2.49. The second-order valence-electron chi connectivity index (χ2n) is 3.84. The minimum Gasteiger partial charge on any atom is -0.277 e. The van der Waals surface area contributed by atoms with Crippen molar-refractivity contribution in [1.29, 1.82) is 0 Å². The topological polar surface area (TPSA) is 66.5 Å². The zero-order chi connectivity index (χ0) is 13.4. The predicted molar refractivity (Wildman–Crippen MR) is 72.2 cm³/mol. The molecular weight excluding hydrogens is 368 g/mol. The van der Waals surface area contributed by atoms with Crippen molar-refractivity contribution in [2.24, 2.45) is 0 Å². The Morgan fingerprint density at radius 3 is 2.22 bits per heavy atom. The third-order valence-electron chi connectivity index (χ3n) is 2.40. The van der Waals surface area contributed by atoms with Crippen molar-refractivity contribution >= 4 is 55.4 Å². The van der Waals surface area contributed by atoms with Crippen molar-refractivity contribution in [3.05, 3.63) is 26.6 Å². The first kappa shape index (κ1) is 13.2. The van der Waals surface area contributed by atoms with E-state index in [4.69, 9.17) is 0 Å². The summed E-state index contributed by atoms with van der Waals surface area (Å²) in [5.74, 6) is -1.13. The standard InChI is InChI=1S/C11H8Br2N2O3/c1-5-2-6(12)10(7(13)3-5)15-9(17)4-8(16)14-11(15)18/h2-3H,4H2,1H3,(H,14,16,18). The Morgan fingerprint density at radius 2 is 1.72 bits per heavy atom. The molecule has 94 valence electrons. The van der Waals surface area contributed by atoms with Crippen molar-refractivity contribution in [2.45, 2.75) is 13.3 Å². The van der Waals surface area contributed by atoms with Gasteiger partial charge in [0.2, 0.25) is 11.8 Å². The van der Waals surface area contributed by atoms with E-state index in [0.29, 0.717) is 14.6 Å². The third kappa shape index (κ3) is 2.32. The number of halogens is 2. The minimum atomic E-state index is -0.735. The van der Waals surface area contributed by atoms with E-state index in [1.54, 1.807) is 12.1 Å². The average molecular weight is 376 g/mol. The van der Waals surface area contributed by atoms with E-state index in [1.807, 2.05) is 6.92 Å². The molecule has 0 bridgehead atoms. The van der Waals surface area contributed by atoms with Gasteiger partial charge in [-0.1, -0.05) is 0 Å². The van der Waals surface area contributed by atoms with Gasteiger partial charge in [0.1, 0.15) is 6.42 Å². The minimum absolute atomic E-state index is 0.335. The molecule has 1 aliphatic rings. The molecule has 1 heterocycles. The Balaban J connectivity index is 2.52. The largest absolute Gasteiger partial charge is 0.335 e. The van der Waals surface area contributed by atoms with Gasteiger partial charge in [0.05, 0.1) is 5.69 Å². The summed E-state index contributed by atoms with van der Waals surface area (Å²) in [4.78, 5) is 35.6. The van der Waals surface area contributed by atoms with Crippen LogP contribution >= 0.6 is 31.9 Å². The summed E-state index contributed by atoms with van der Waals surface area (Å²) >= 11 is 6.63. The average Bonchev–Trinajstić information content (AvgIpc) is 2.20. The van der Waals surface area contributed by atoms with Crippen molar-refractivity contribution in [3.63, 3.8) is 0 Å². The fourth-order valence-corrected chi connectivity index (χ4v) is 3.45. The van der Waals surface area contributed by atoms with E-state index in [-0.39, 0.29) is 6.42 Å². The number of nitrogens with one attached hydrogen (secondary N) is 1. The van der Waals surface area contributed by atoms with Gasteiger partial charge in [-0.3, -0.25) is 14.9 Å². The molecule has 1 saturated heterocycles. The molecule has 1 aromatic carbocycles. The number of urea groups is 1. The maximum atomic E-state index is 11.8. The third-order valence-corrected chi connectivity index (χ3v) is 3.60. The Hall–Kier alpha value is -1.21. The van der Waals surface area contributed by atoms with Crippen molar-refractivity contribution in [1.82, 2.24) is 5.32 Å². The number of rotatable bonds is 1. The monoisotopic (exact) mass is 374 g/mol. The number of hydrogen-bond donors (Lipinski definition) is 1. The zero-order valence-electron chi connectivity index (χ0n) is 9.29. The quantitative estimate of drug-likeness (QED) is 0.767. The SMILES string of the molecule is Cc1cc(Br)c(N2C(=O)CC(=O)NC2=O)c(Br)c1. The van der Waals surface area contributed by atoms with Crippen LogP contribution in [0, 0.1) is 6.92 Å². The Kier molecular flexibility index (Phi) is 3.54. The van der Waals surface area contributed by atoms with Crippen LogP contribution in [-0.2, 0) is 9.59 Å². The second-order valence-corrected chi connectivity index (χ2v) is 5.55. The number of hydrogen-bond acceptors (Lipinski definition) is 3. The normalized spacial score (nSPS) is 15.9. The van der Waals surface area contributed by atoms with Gasteiger partial charge in [0, 0.05) is 8.95 Å². The van der Waals surface area contributed by atoms with E-state index in [1.165, 1.54) is 0 Å². The first-order chi connectivity index (χ1) is 8.40. The number of nitrogens with zero attached hydrogens (tertiary/aromatic N) is 1. The lowest BCUT2D eigenvalue weighted by Crippen LogP contribution is -2.53. The lowest BCUT2D eigenvalue weighted by molar-refractivity contribution is -0.128. The summed E-state index contributed by atoms with van der Waals surface area (Å²) in [5, 5.41) is 2.11. The summed E-state index contributed by atoms with van der Waals surface area (Å²) in [6.45, 7) is 1.89. The van der Waals surface area contributed by atoms with Crippen LogP contribution in [0.5, 0.6) is 0 Å². The maximum Gasteiger partial charge on any atom is 0.335 e. The molecule has 7 heteroatoms. The molecule has 5 nitrogen and oxygen atoms in total. The number of carbonyl (C=O) groups is 3. The molecular formula is C11H8Br2N2O3. The molecule has 0 unspecified atom stereocenters. The lowest BCUT2D eigenvalue weighted by Gasteiger charge is -2.26. The van der Waals surface area contributed by atoms with Crippen LogP contribution in [0.1, 0.15) is 12.0 Å². The number of benzene rings is 1. The highest BCUT2D eigenvalue weighted by Gasteiger charge is 2.34. The number of amides is 4. The fourth-order valence-electron chi connectivity index (χ4n) is 1.68. The van der Waals surface area contributed by atoms with Crippen LogP contribution in [0.15, 0.2) is 21.1 Å². The molecule has 4 amide bonds. The van der Waals surface area contributed by atoms with E-state index in [0.717, 1.165) is 10.5 Å². The van der Waals surface area contributed by atoms with Gasteiger partial charge >= 0.3 is 6.03 Å². The van der Waals surface area contributed by atoms with Gasteiger partial charge in [-0.05, 0) is 56.5 Å². The molecule has 2 rings (SSSR count). The number of anilines is 1. The van der Waals surface area contributed by atoms with Gasteiger partial charge < -0.3 is 0 Å². The zero-order valence-corrected chi connectivity index (χ0v) is 12.5. The molecule has 0 radical (unpaired) electrons. The molecule has 1 aromatic rings. The Labute approximate surface area is 120 Å². The van der Waals surface area contributed by atoms with Gasteiger partial charge in [-0.25, -0.2) is 9.69 Å². The van der Waals surface area contributed by atoms with Crippen LogP contribution in [0.25, 0.3) is 0 Å².